The average molecular weight is 408 g/mol. The molecule has 1 aromatic heterocycles. The second-order valence-corrected chi connectivity index (χ2v) is 7.55. The van der Waals surface area contributed by atoms with Crippen molar-refractivity contribution in [3.63, 3.8) is 0 Å². The van der Waals surface area contributed by atoms with Gasteiger partial charge in [0.1, 0.15) is 5.82 Å². The summed E-state index contributed by atoms with van der Waals surface area (Å²) in [5, 5.41) is 6.81. The number of aryl methyl sites for hydroxylation is 1. The molecule has 4 rings (SSSR count). The van der Waals surface area contributed by atoms with Gasteiger partial charge in [0.2, 0.25) is 5.69 Å². The monoisotopic (exact) mass is 408 g/mol. The Hall–Kier alpha value is -3.55. The van der Waals surface area contributed by atoms with E-state index in [4.69, 9.17) is 0 Å². The highest BCUT2D eigenvalue weighted by Gasteiger charge is 2.25. The normalized spacial score (nSPS) is 13.3. The third kappa shape index (κ3) is 4.22. The molecule has 1 aliphatic rings. The van der Waals surface area contributed by atoms with Crippen LogP contribution < -0.4 is 16.6 Å². The first-order valence-corrected chi connectivity index (χ1v) is 9.76. The van der Waals surface area contributed by atoms with Gasteiger partial charge in [0, 0.05) is 6.54 Å². The Morgan fingerprint density at radius 3 is 2.40 bits per heavy atom. The molecule has 1 heterocycles. The van der Waals surface area contributed by atoms with Crippen LogP contribution >= 0.6 is 0 Å². The molecule has 1 amide bonds. The molecular formula is C22H21FN4O3. The number of nitrogens with one attached hydrogen (secondary N) is 1. The molecule has 0 radical (unpaired) electrons. The second-order valence-electron chi connectivity index (χ2n) is 7.55. The summed E-state index contributed by atoms with van der Waals surface area (Å²) in [6.45, 7) is 2.28. The Morgan fingerprint density at radius 1 is 1.10 bits per heavy atom. The van der Waals surface area contributed by atoms with Crippen LogP contribution in [0.5, 0.6) is 0 Å². The third-order valence-corrected chi connectivity index (χ3v) is 5.06. The van der Waals surface area contributed by atoms with Crippen LogP contribution in [0.15, 0.2) is 58.1 Å². The molecule has 7 nitrogen and oxygen atoms in total. The van der Waals surface area contributed by atoms with Crippen LogP contribution in [0.1, 0.15) is 34.5 Å². The van der Waals surface area contributed by atoms with Gasteiger partial charge in [0.15, 0.2) is 0 Å². The van der Waals surface area contributed by atoms with E-state index in [2.05, 4.69) is 10.4 Å². The summed E-state index contributed by atoms with van der Waals surface area (Å²) in [4.78, 5) is 38.7. The molecule has 1 fully saturated rings. The van der Waals surface area contributed by atoms with Crippen LogP contribution in [0.25, 0.3) is 5.69 Å². The quantitative estimate of drug-likeness (QED) is 0.676. The van der Waals surface area contributed by atoms with E-state index in [0.717, 1.165) is 27.7 Å². The Balaban J connectivity index is 1.80. The smallest absolute Gasteiger partial charge is 0.350 e. The number of benzene rings is 2. The highest BCUT2D eigenvalue weighted by atomic mass is 19.1. The molecule has 154 valence electrons. The van der Waals surface area contributed by atoms with Crippen LogP contribution in [0.3, 0.4) is 0 Å². The molecule has 8 heteroatoms. The lowest BCUT2D eigenvalue weighted by atomic mass is 10.2. The fraction of sp³-hybridized carbons (Fsp3) is 0.273. The fourth-order valence-electron chi connectivity index (χ4n) is 3.07. The Kier molecular flexibility index (Phi) is 5.31. The summed E-state index contributed by atoms with van der Waals surface area (Å²) < 4.78 is 15.2. The maximum atomic E-state index is 13.2. The lowest BCUT2D eigenvalue weighted by Crippen LogP contribution is -2.46. The molecule has 0 unspecified atom stereocenters. The van der Waals surface area contributed by atoms with Crippen LogP contribution in [-0.2, 0) is 6.54 Å². The summed E-state index contributed by atoms with van der Waals surface area (Å²) in [7, 11) is 0. The number of carbonyl (C=O) groups is 1. The Morgan fingerprint density at radius 2 is 1.77 bits per heavy atom. The van der Waals surface area contributed by atoms with Crippen molar-refractivity contribution in [3.05, 3.63) is 92.0 Å². The maximum absolute atomic E-state index is 13.2. The largest absolute Gasteiger partial charge is 0.352 e. The van der Waals surface area contributed by atoms with Crippen molar-refractivity contribution >= 4 is 5.91 Å². The molecule has 1 aliphatic carbocycles. The van der Waals surface area contributed by atoms with Gasteiger partial charge in [-0.2, -0.15) is 9.78 Å². The average Bonchev–Trinajstić information content (AvgIpc) is 3.56. The first-order valence-electron chi connectivity index (χ1n) is 9.76. The summed E-state index contributed by atoms with van der Waals surface area (Å²) in [6, 6.07) is 12.5. The summed E-state index contributed by atoms with van der Waals surface area (Å²) >= 11 is 0. The topological polar surface area (TPSA) is 86.0 Å². The number of aromatic nitrogens is 3. The molecule has 0 aliphatic heterocycles. The van der Waals surface area contributed by atoms with Gasteiger partial charge in [0.05, 0.1) is 12.2 Å². The zero-order chi connectivity index (χ0) is 21.3. The van der Waals surface area contributed by atoms with Gasteiger partial charge >= 0.3 is 5.69 Å². The van der Waals surface area contributed by atoms with Crippen LogP contribution in [0, 0.1) is 18.7 Å². The van der Waals surface area contributed by atoms with Crippen LogP contribution in [0.2, 0.25) is 0 Å². The van der Waals surface area contributed by atoms with E-state index in [-0.39, 0.29) is 12.2 Å². The number of nitrogens with zero attached hydrogens (tertiary/aromatic N) is 3. The van der Waals surface area contributed by atoms with Crippen molar-refractivity contribution in [2.24, 2.45) is 5.92 Å². The first-order chi connectivity index (χ1) is 14.4. The van der Waals surface area contributed by atoms with Gasteiger partial charge < -0.3 is 5.32 Å². The van der Waals surface area contributed by atoms with Gasteiger partial charge in [-0.1, -0.05) is 29.8 Å². The van der Waals surface area contributed by atoms with Crippen LogP contribution in [0.4, 0.5) is 4.39 Å². The van der Waals surface area contributed by atoms with E-state index in [1.54, 1.807) is 12.1 Å². The SMILES string of the molecule is Cc1ccc(-n2nc(C(=O)NCC3CC3)c(=O)n(Cc3ccc(F)cc3)c2=O)cc1. The third-order valence-electron chi connectivity index (χ3n) is 5.06. The van der Waals surface area contributed by atoms with Crippen molar-refractivity contribution < 1.29 is 9.18 Å². The van der Waals surface area contributed by atoms with Gasteiger partial charge in [-0.15, -0.1) is 0 Å². The number of hydrogen-bond acceptors (Lipinski definition) is 4. The minimum absolute atomic E-state index is 0.102. The highest BCUT2D eigenvalue weighted by molar-refractivity contribution is 5.91. The molecular weight excluding hydrogens is 387 g/mol. The maximum Gasteiger partial charge on any atom is 0.352 e. The van der Waals surface area contributed by atoms with Crippen LogP contribution in [-0.4, -0.2) is 26.8 Å². The molecule has 1 saturated carbocycles. The predicted octanol–water partition coefficient (Wildman–Crippen LogP) is 2.03. The van der Waals surface area contributed by atoms with Gasteiger partial charge in [-0.05, 0) is 55.5 Å². The molecule has 2 aromatic carbocycles. The molecule has 0 spiro atoms. The molecule has 1 N–H and O–H groups in total. The molecule has 0 atom stereocenters. The zero-order valence-corrected chi connectivity index (χ0v) is 16.5. The van der Waals surface area contributed by atoms with Crippen molar-refractivity contribution in [2.75, 3.05) is 6.54 Å². The minimum atomic E-state index is -0.777. The molecule has 30 heavy (non-hydrogen) atoms. The Labute approximate surface area is 171 Å². The molecule has 0 bridgehead atoms. The Bertz CT molecular complexity index is 1190. The van der Waals surface area contributed by atoms with Crippen molar-refractivity contribution in [1.82, 2.24) is 19.7 Å². The number of hydrogen-bond donors (Lipinski definition) is 1. The number of halogens is 1. The van der Waals surface area contributed by atoms with Gasteiger partial charge in [-0.3, -0.25) is 14.2 Å². The van der Waals surface area contributed by atoms with Gasteiger partial charge in [-0.25, -0.2) is 9.18 Å². The lowest BCUT2D eigenvalue weighted by molar-refractivity contribution is 0.0942. The predicted molar refractivity (Wildman–Crippen MR) is 109 cm³/mol. The summed E-state index contributed by atoms with van der Waals surface area (Å²) in [5.41, 5.74) is 0.191. The van der Waals surface area contributed by atoms with Crippen molar-refractivity contribution in [1.29, 1.82) is 0 Å². The van der Waals surface area contributed by atoms with E-state index in [1.165, 1.54) is 24.3 Å². The van der Waals surface area contributed by atoms with Crippen molar-refractivity contribution in [3.8, 4) is 5.69 Å². The van der Waals surface area contributed by atoms with Gasteiger partial charge in [0.25, 0.3) is 11.5 Å². The van der Waals surface area contributed by atoms with E-state index < -0.39 is 23.0 Å². The van der Waals surface area contributed by atoms with E-state index in [0.29, 0.717) is 23.7 Å². The molecule has 3 aromatic rings. The first kappa shape index (κ1) is 19.8. The summed E-state index contributed by atoms with van der Waals surface area (Å²) in [5.74, 6) is -0.600. The zero-order valence-electron chi connectivity index (χ0n) is 16.5. The number of carbonyl (C=O) groups excluding carboxylic acids is 1. The lowest BCUT2D eigenvalue weighted by Gasteiger charge is -2.12. The highest BCUT2D eigenvalue weighted by Crippen LogP contribution is 2.27. The summed E-state index contributed by atoms with van der Waals surface area (Å²) in [6.07, 6.45) is 2.09. The van der Waals surface area contributed by atoms with E-state index in [1.807, 2.05) is 19.1 Å². The molecule has 0 saturated heterocycles. The van der Waals surface area contributed by atoms with E-state index >= 15 is 0 Å². The standard InChI is InChI=1S/C22H21FN4O3/c1-14-2-10-18(11-3-14)27-22(30)26(13-16-6-8-17(23)9-7-16)21(29)19(25-27)20(28)24-12-15-4-5-15/h2-3,6-11,15H,4-5,12-13H2,1H3,(H,24,28). The van der Waals surface area contributed by atoms with E-state index in [9.17, 15) is 18.8 Å². The second kappa shape index (κ2) is 8.06. The fourth-order valence-corrected chi connectivity index (χ4v) is 3.07. The van der Waals surface area contributed by atoms with Crippen molar-refractivity contribution in [2.45, 2.75) is 26.3 Å². The number of rotatable bonds is 6. The number of amides is 1. The minimum Gasteiger partial charge on any atom is -0.350 e.